The van der Waals surface area contributed by atoms with E-state index in [1.165, 1.54) is 18.0 Å². The van der Waals surface area contributed by atoms with Gasteiger partial charge in [-0.15, -0.1) is 0 Å². The number of aromatic amines is 1. The van der Waals surface area contributed by atoms with Crippen molar-refractivity contribution in [2.45, 2.75) is 10.2 Å². The van der Waals surface area contributed by atoms with Crippen LogP contribution in [0.25, 0.3) is 11.0 Å². The summed E-state index contributed by atoms with van der Waals surface area (Å²) in [6.07, 6.45) is 3.06. The van der Waals surface area contributed by atoms with Crippen LogP contribution in [0.5, 0.6) is 0 Å². The van der Waals surface area contributed by atoms with Crippen molar-refractivity contribution in [2.75, 3.05) is 0 Å². The number of hydrogen-bond acceptors (Lipinski definition) is 5. The van der Waals surface area contributed by atoms with Crippen molar-refractivity contribution in [3.05, 3.63) is 42.4 Å². The molecule has 0 atom stereocenters. The Kier molecular flexibility index (Phi) is 2.67. The van der Waals surface area contributed by atoms with Crippen LogP contribution in [0.2, 0.25) is 0 Å². The molecule has 0 radical (unpaired) electrons. The van der Waals surface area contributed by atoms with Crippen molar-refractivity contribution in [3.63, 3.8) is 0 Å². The molecule has 0 bridgehead atoms. The Balaban J connectivity index is 1.99. The molecule has 1 N–H and O–H groups in total. The maximum atomic E-state index is 8.94. The topological polar surface area (TPSA) is 78.2 Å². The van der Waals surface area contributed by atoms with Gasteiger partial charge in [-0.05, 0) is 23.9 Å². The van der Waals surface area contributed by atoms with Gasteiger partial charge in [-0.2, -0.15) is 5.26 Å². The molecule has 3 aromatic rings. The molecular formula is C12H7N5S. The molecule has 3 rings (SSSR count). The van der Waals surface area contributed by atoms with Crippen molar-refractivity contribution in [1.82, 2.24) is 19.9 Å². The monoisotopic (exact) mass is 253 g/mol. The van der Waals surface area contributed by atoms with Crippen LogP contribution in [-0.2, 0) is 0 Å². The third kappa shape index (κ3) is 1.92. The first-order chi connectivity index (χ1) is 8.86. The molecule has 0 amide bonds. The number of hydrogen-bond donors (Lipinski definition) is 1. The van der Waals surface area contributed by atoms with Gasteiger partial charge in [0.05, 0.1) is 11.0 Å². The van der Waals surface area contributed by atoms with Gasteiger partial charge in [0.15, 0.2) is 10.9 Å². The zero-order valence-electron chi connectivity index (χ0n) is 9.16. The van der Waals surface area contributed by atoms with Crippen molar-refractivity contribution in [2.24, 2.45) is 0 Å². The first-order valence-corrected chi connectivity index (χ1v) is 6.02. The van der Waals surface area contributed by atoms with Gasteiger partial charge in [0, 0.05) is 12.4 Å². The average Bonchev–Trinajstić information content (AvgIpc) is 2.81. The van der Waals surface area contributed by atoms with Gasteiger partial charge >= 0.3 is 0 Å². The average molecular weight is 253 g/mol. The van der Waals surface area contributed by atoms with Crippen LogP contribution in [0.4, 0.5) is 0 Å². The lowest BCUT2D eigenvalue weighted by Gasteiger charge is -1.97. The maximum Gasteiger partial charge on any atom is 0.173 e. The number of nitrogens with one attached hydrogen (secondary N) is 1. The van der Waals surface area contributed by atoms with Gasteiger partial charge in [0.25, 0.3) is 0 Å². The molecule has 0 aliphatic carbocycles. The van der Waals surface area contributed by atoms with Crippen LogP contribution < -0.4 is 0 Å². The Bertz CT molecular complexity index is 710. The Morgan fingerprint density at radius 1 is 1.17 bits per heavy atom. The lowest BCUT2D eigenvalue weighted by atomic mass is 10.3. The number of benzene rings is 1. The third-order valence-electron chi connectivity index (χ3n) is 2.33. The molecule has 18 heavy (non-hydrogen) atoms. The number of imidazole rings is 1. The highest BCUT2D eigenvalue weighted by atomic mass is 32.2. The third-order valence-corrected chi connectivity index (χ3v) is 3.21. The van der Waals surface area contributed by atoms with Gasteiger partial charge in [0.1, 0.15) is 11.1 Å². The molecule has 5 nitrogen and oxygen atoms in total. The molecule has 0 spiro atoms. The largest absolute Gasteiger partial charge is 0.333 e. The molecule has 86 valence electrons. The van der Waals surface area contributed by atoms with E-state index in [-0.39, 0.29) is 0 Å². The van der Waals surface area contributed by atoms with E-state index in [1.807, 2.05) is 30.3 Å². The molecule has 6 heteroatoms. The van der Waals surface area contributed by atoms with Gasteiger partial charge in [-0.1, -0.05) is 12.1 Å². The van der Waals surface area contributed by atoms with Crippen LogP contribution in [-0.4, -0.2) is 19.9 Å². The molecule has 0 saturated carbocycles. The summed E-state index contributed by atoms with van der Waals surface area (Å²) in [6, 6.07) is 9.77. The minimum absolute atomic E-state index is 0.308. The molecule has 0 unspecified atom stereocenters. The first-order valence-electron chi connectivity index (χ1n) is 5.20. The fourth-order valence-corrected chi connectivity index (χ4v) is 2.34. The summed E-state index contributed by atoms with van der Waals surface area (Å²) >= 11 is 1.30. The van der Waals surface area contributed by atoms with E-state index in [0.717, 1.165) is 11.0 Å². The normalized spacial score (nSPS) is 10.4. The van der Waals surface area contributed by atoms with Gasteiger partial charge in [-0.3, -0.25) is 0 Å². The van der Waals surface area contributed by atoms with Crippen molar-refractivity contribution < 1.29 is 0 Å². The van der Waals surface area contributed by atoms with Gasteiger partial charge in [-0.25, -0.2) is 15.0 Å². The highest BCUT2D eigenvalue weighted by Gasteiger charge is 2.09. The molecular weight excluding hydrogens is 246 g/mol. The maximum absolute atomic E-state index is 8.94. The first kappa shape index (κ1) is 10.7. The summed E-state index contributed by atoms with van der Waals surface area (Å²) in [4.78, 5) is 15.7. The van der Waals surface area contributed by atoms with E-state index >= 15 is 0 Å². The summed E-state index contributed by atoms with van der Waals surface area (Å²) < 4.78 is 0. The molecule has 2 heterocycles. The predicted octanol–water partition coefficient (Wildman–Crippen LogP) is 2.38. The molecule has 0 aliphatic heterocycles. The summed E-state index contributed by atoms with van der Waals surface area (Å²) in [5, 5.41) is 10.2. The lowest BCUT2D eigenvalue weighted by Crippen LogP contribution is -1.90. The summed E-state index contributed by atoms with van der Waals surface area (Å²) in [6.45, 7) is 0. The summed E-state index contributed by atoms with van der Waals surface area (Å²) in [7, 11) is 0. The van der Waals surface area contributed by atoms with Crippen LogP contribution >= 0.6 is 11.8 Å². The van der Waals surface area contributed by atoms with Crippen molar-refractivity contribution >= 4 is 22.8 Å². The summed E-state index contributed by atoms with van der Waals surface area (Å²) in [5.41, 5.74) is 2.16. The van der Waals surface area contributed by atoms with E-state index in [9.17, 15) is 0 Å². The number of nitriles is 1. The Labute approximate surface area is 107 Å². The zero-order chi connectivity index (χ0) is 12.4. The smallest absolute Gasteiger partial charge is 0.173 e. The second kappa shape index (κ2) is 4.47. The minimum Gasteiger partial charge on any atom is -0.333 e. The molecule has 1 aromatic carbocycles. The van der Waals surface area contributed by atoms with Crippen LogP contribution in [0.15, 0.2) is 46.8 Å². The fraction of sp³-hybridized carbons (Fsp3) is 0. The van der Waals surface area contributed by atoms with Crippen LogP contribution in [0.3, 0.4) is 0 Å². The Morgan fingerprint density at radius 2 is 2.00 bits per heavy atom. The molecule has 0 aliphatic rings. The minimum atomic E-state index is 0.308. The van der Waals surface area contributed by atoms with E-state index in [0.29, 0.717) is 15.9 Å². The number of aromatic nitrogens is 4. The number of H-pyrrole nitrogens is 1. The number of fused-ring (bicyclic) bond motifs is 1. The van der Waals surface area contributed by atoms with E-state index in [4.69, 9.17) is 5.26 Å². The van der Waals surface area contributed by atoms with Crippen LogP contribution in [0, 0.1) is 11.3 Å². The zero-order valence-corrected chi connectivity index (χ0v) is 9.98. The van der Waals surface area contributed by atoms with Crippen molar-refractivity contribution in [3.8, 4) is 6.07 Å². The van der Waals surface area contributed by atoms with Crippen molar-refractivity contribution in [1.29, 1.82) is 5.26 Å². The van der Waals surface area contributed by atoms with Gasteiger partial charge in [0.2, 0.25) is 0 Å². The van der Waals surface area contributed by atoms with E-state index < -0.39 is 0 Å². The molecule has 0 fully saturated rings. The fourth-order valence-electron chi connectivity index (χ4n) is 1.55. The SMILES string of the molecule is N#Cc1nccnc1Sc1nc2ccccc2[nH]1. The quantitative estimate of drug-likeness (QED) is 0.758. The molecule has 2 aromatic heterocycles. The van der Waals surface area contributed by atoms with E-state index in [2.05, 4.69) is 19.9 Å². The second-order valence-electron chi connectivity index (χ2n) is 3.48. The Hall–Kier alpha value is -2.39. The lowest BCUT2D eigenvalue weighted by molar-refractivity contribution is 1.00. The van der Waals surface area contributed by atoms with Gasteiger partial charge < -0.3 is 4.98 Å². The predicted molar refractivity (Wildman–Crippen MR) is 67.0 cm³/mol. The number of nitrogens with zero attached hydrogens (tertiary/aromatic N) is 4. The van der Waals surface area contributed by atoms with Crippen LogP contribution in [0.1, 0.15) is 5.69 Å². The Morgan fingerprint density at radius 3 is 2.83 bits per heavy atom. The highest BCUT2D eigenvalue weighted by Crippen LogP contribution is 2.26. The number of para-hydroxylation sites is 2. The molecule has 0 saturated heterocycles. The second-order valence-corrected chi connectivity index (χ2v) is 4.46. The highest BCUT2D eigenvalue weighted by molar-refractivity contribution is 7.99. The number of rotatable bonds is 2. The standard InChI is InChI=1S/C12H7N5S/c13-7-10-11(15-6-5-14-10)18-12-16-8-3-1-2-4-9(8)17-12/h1-6H,(H,16,17). The summed E-state index contributed by atoms with van der Waals surface area (Å²) in [5.74, 6) is 0. The van der Waals surface area contributed by atoms with E-state index in [1.54, 1.807) is 6.20 Å².